The minimum absolute atomic E-state index is 1.28. The Kier molecular flexibility index (Phi) is 2.89. The standard InChI is InChI=1S/C24H16/c1-4-12-20-17(8-1)11-7-15-23(20)24-21-13-5-2-9-18(21)16-19-10-3-6-14-22(19)24/h1-16H. The highest BCUT2D eigenvalue weighted by molar-refractivity contribution is 6.16. The van der Waals surface area contributed by atoms with Gasteiger partial charge in [0.25, 0.3) is 0 Å². The highest BCUT2D eigenvalue weighted by atomic mass is 14.1. The summed E-state index contributed by atoms with van der Waals surface area (Å²) in [6, 6.07) is 34.9. The molecule has 112 valence electrons. The van der Waals surface area contributed by atoms with Crippen LogP contribution in [0.25, 0.3) is 43.4 Å². The Morgan fingerprint density at radius 3 is 1.54 bits per heavy atom. The summed E-state index contributed by atoms with van der Waals surface area (Å²) >= 11 is 0. The zero-order chi connectivity index (χ0) is 15.9. The summed E-state index contributed by atoms with van der Waals surface area (Å²) in [5.74, 6) is 0. The minimum atomic E-state index is 1.28. The van der Waals surface area contributed by atoms with Crippen LogP contribution in [0, 0.1) is 0 Å². The van der Waals surface area contributed by atoms with E-state index in [1.165, 1.54) is 43.4 Å². The lowest BCUT2D eigenvalue weighted by molar-refractivity contribution is 1.70. The van der Waals surface area contributed by atoms with Gasteiger partial charge in [-0.3, -0.25) is 0 Å². The Morgan fingerprint density at radius 2 is 0.875 bits per heavy atom. The van der Waals surface area contributed by atoms with Crippen LogP contribution in [-0.2, 0) is 0 Å². The molecule has 0 unspecified atom stereocenters. The van der Waals surface area contributed by atoms with Crippen molar-refractivity contribution >= 4 is 32.3 Å². The van der Waals surface area contributed by atoms with Crippen LogP contribution in [0.2, 0.25) is 0 Å². The van der Waals surface area contributed by atoms with Crippen molar-refractivity contribution in [3.63, 3.8) is 0 Å². The summed E-state index contributed by atoms with van der Waals surface area (Å²) in [5, 5.41) is 7.80. The maximum atomic E-state index is 2.29. The first-order valence-corrected chi connectivity index (χ1v) is 8.30. The molecule has 0 nitrogen and oxygen atoms in total. The van der Waals surface area contributed by atoms with Crippen molar-refractivity contribution in [3.8, 4) is 11.1 Å². The van der Waals surface area contributed by atoms with Crippen LogP contribution in [0.3, 0.4) is 0 Å². The van der Waals surface area contributed by atoms with E-state index in [2.05, 4.69) is 97.1 Å². The summed E-state index contributed by atoms with van der Waals surface area (Å²) < 4.78 is 0. The fraction of sp³-hybridized carbons (Fsp3) is 0. The molecular formula is C24H16. The second-order valence-electron chi connectivity index (χ2n) is 6.22. The summed E-state index contributed by atoms with van der Waals surface area (Å²) in [7, 11) is 0. The molecule has 0 heteroatoms. The number of hydrogen-bond donors (Lipinski definition) is 0. The van der Waals surface area contributed by atoms with Gasteiger partial charge < -0.3 is 0 Å². The van der Waals surface area contributed by atoms with Gasteiger partial charge in [0.05, 0.1) is 0 Å². The van der Waals surface area contributed by atoms with Crippen LogP contribution in [-0.4, -0.2) is 0 Å². The Labute approximate surface area is 141 Å². The number of hydrogen-bond acceptors (Lipinski definition) is 0. The third kappa shape index (κ3) is 1.93. The molecule has 0 aliphatic carbocycles. The van der Waals surface area contributed by atoms with Crippen LogP contribution in [0.4, 0.5) is 0 Å². The molecule has 0 aliphatic heterocycles. The van der Waals surface area contributed by atoms with Gasteiger partial charge in [-0.15, -0.1) is 0 Å². The Balaban J connectivity index is 2.04. The third-order valence-corrected chi connectivity index (χ3v) is 4.83. The molecule has 0 spiro atoms. The van der Waals surface area contributed by atoms with E-state index in [0.29, 0.717) is 0 Å². The normalized spacial score (nSPS) is 11.3. The number of fused-ring (bicyclic) bond motifs is 3. The molecule has 24 heavy (non-hydrogen) atoms. The minimum Gasteiger partial charge on any atom is -0.0616 e. The zero-order valence-corrected chi connectivity index (χ0v) is 13.2. The molecule has 0 aromatic heterocycles. The van der Waals surface area contributed by atoms with Crippen molar-refractivity contribution in [2.75, 3.05) is 0 Å². The molecule has 0 amide bonds. The lowest BCUT2D eigenvalue weighted by Crippen LogP contribution is -1.87. The maximum Gasteiger partial charge on any atom is -0.00206 e. The largest absolute Gasteiger partial charge is 0.0616 e. The van der Waals surface area contributed by atoms with Gasteiger partial charge in [-0.2, -0.15) is 0 Å². The summed E-state index contributed by atoms with van der Waals surface area (Å²) in [5.41, 5.74) is 2.64. The van der Waals surface area contributed by atoms with E-state index >= 15 is 0 Å². The van der Waals surface area contributed by atoms with Crippen LogP contribution >= 0.6 is 0 Å². The molecule has 5 aromatic rings. The van der Waals surface area contributed by atoms with Gasteiger partial charge in [0.15, 0.2) is 0 Å². The first-order chi connectivity index (χ1) is 11.9. The fourth-order valence-electron chi connectivity index (χ4n) is 3.75. The zero-order valence-electron chi connectivity index (χ0n) is 13.2. The molecule has 0 heterocycles. The lowest BCUT2D eigenvalue weighted by Gasteiger charge is -2.14. The Bertz CT molecular complexity index is 1140. The van der Waals surface area contributed by atoms with Gasteiger partial charge in [-0.25, -0.2) is 0 Å². The van der Waals surface area contributed by atoms with Gasteiger partial charge in [0, 0.05) is 0 Å². The van der Waals surface area contributed by atoms with Crippen molar-refractivity contribution in [1.82, 2.24) is 0 Å². The van der Waals surface area contributed by atoms with Gasteiger partial charge in [0.1, 0.15) is 0 Å². The van der Waals surface area contributed by atoms with Crippen LogP contribution in [0.5, 0.6) is 0 Å². The van der Waals surface area contributed by atoms with Gasteiger partial charge in [-0.1, -0.05) is 91.0 Å². The van der Waals surface area contributed by atoms with E-state index in [1.54, 1.807) is 0 Å². The SMILES string of the molecule is c1ccc2c(-c3c4ccccc4cc4ccccc34)cccc2c1. The highest BCUT2D eigenvalue weighted by Crippen LogP contribution is 2.39. The Morgan fingerprint density at radius 1 is 0.375 bits per heavy atom. The van der Waals surface area contributed by atoms with Crippen molar-refractivity contribution in [3.05, 3.63) is 97.1 Å². The molecule has 0 fully saturated rings. The van der Waals surface area contributed by atoms with Crippen molar-refractivity contribution in [1.29, 1.82) is 0 Å². The molecule has 5 rings (SSSR count). The van der Waals surface area contributed by atoms with Crippen molar-refractivity contribution in [2.45, 2.75) is 0 Å². The van der Waals surface area contributed by atoms with Gasteiger partial charge in [0.2, 0.25) is 0 Å². The molecule has 0 aliphatic rings. The molecule has 0 radical (unpaired) electrons. The van der Waals surface area contributed by atoms with E-state index < -0.39 is 0 Å². The molecular weight excluding hydrogens is 288 g/mol. The summed E-state index contributed by atoms with van der Waals surface area (Å²) in [6.07, 6.45) is 0. The van der Waals surface area contributed by atoms with E-state index in [4.69, 9.17) is 0 Å². The van der Waals surface area contributed by atoms with E-state index in [-0.39, 0.29) is 0 Å². The molecule has 0 atom stereocenters. The van der Waals surface area contributed by atoms with Crippen molar-refractivity contribution in [2.24, 2.45) is 0 Å². The maximum absolute atomic E-state index is 2.29. The molecule has 0 bridgehead atoms. The average Bonchev–Trinajstić information content (AvgIpc) is 2.66. The summed E-state index contributed by atoms with van der Waals surface area (Å²) in [6.45, 7) is 0. The van der Waals surface area contributed by atoms with Crippen molar-refractivity contribution < 1.29 is 0 Å². The first-order valence-electron chi connectivity index (χ1n) is 8.30. The topological polar surface area (TPSA) is 0 Å². The van der Waals surface area contributed by atoms with E-state index in [0.717, 1.165) is 0 Å². The fourth-order valence-corrected chi connectivity index (χ4v) is 3.75. The van der Waals surface area contributed by atoms with Crippen LogP contribution in [0.1, 0.15) is 0 Å². The van der Waals surface area contributed by atoms with Gasteiger partial charge in [-0.05, 0) is 49.5 Å². The number of rotatable bonds is 1. The highest BCUT2D eigenvalue weighted by Gasteiger charge is 2.11. The van der Waals surface area contributed by atoms with Crippen LogP contribution in [0.15, 0.2) is 97.1 Å². The van der Waals surface area contributed by atoms with Gasteiger partial charge >= 0.3 is 0 Å². The first kappa shape index (κ1) is 13.3. The predicted octanol–water partition coefficient (Wildman–Crippen LogP) is 6.81. The smallest absolute Gasteiger partial charge is 0.00206 e. The second-order valence-corrected chi connectivity index (χ2v) is 6.22. The predicted molar refractivity (Wildman–Crippen MR) is 104 cm³/mol. The monoisotopic (exact) mass is 304 g/mol. The van der Waals surface area contributed by atoms with E-state index in [1.807, 2.05) is 0 Å². The van der Waals surface area contributed by atoms with Crippen LogP contribution < -0.4 is 0 Å². The van der Waals surface area contributed by atoms with E-state index in [9.17, 15) is 0 Å². The second kappa shape index (κ2) is 5.21. The molecule has 0 saturated carbocycles. The third-order valence-electron chi connectivity index (χ3n) is 4.83. The average molecular weight is 304 g/mol. The lowest BCUT2D eigenvalue weighted by atomic mass is 9.89. The molecule has 0 N–H and O–H groups in total. The molecule has 0 saturated heterocycles. The quantitative estimate of drug-likeness (QED) is 0.298. The summed E-state index contributed by atoms with van der Waals surface area (Å²) in [4.78, 5) is 0. The molecule has 5 aromatic carbocycles. The number of benzene rings is 5. The Hall–Kier alpha value is -3.12.